The first-order chi connectivity index (χ1) is 9.25. The highest BCUT2D eigenvalue weighted by molar-refractivity contribution is 5.76. The standard InChI is InChI=1S/C13H22N4O2/c1-12(11-17-6-2-4-15-17)14-5-3-13(18)16-7-9-19-10-8-16/h2,4,6,12,14H,3,5,7-11H2,1H3/t12-/m0/s1. The number of ether oxygens (including phenoxy) is 1. The summed E-state index contributed by atoms with van der Waals surface area (Å²) < 4.78 is 7.12. The maximum atomic E-state index is 11.9. The molecule has 0 spiro atoms. The number of carbonyl (C=O) groups is 1. The summed E-state index contributed by atoms with van der Waals surface area (Å²) in [5.41, 5.74) is 0. The Kier molecular flexibility index (Phi) is 5.35. The molecule has 0 radical (unpaired) electrons. The van der Waals surface area contributed by atoms with E-state index in [-0.39, 0.29) is 5.91 Å². The quantitative estimate of drug-likeness (QED) is 0.794. The van der Waals surface area contributed by atoms with Crippen LogP contribution in [0.15, 0.2) is 18.5 Å². The molecule has 0 unspecified atom stereocenters. The fraction of sp³-hybridized carbons (Fsp3) is 0.692. The van der Waals surface area contributed by atoms with Crippen molar-refractivity contribution in [2.24, 2.45) is 0 Å². The first-order valence-electron chi connectivity index (χ1n) is 6.82. The Morgan fingerprint density at radius 3 is 2.95 bits per heavy atom. The van der Waals surface area contributed by atoms with Crippen molar-refractivity contribution in [2.75, 3.05) is 32.8 Å². The van der Waals surface area contributed by atoms with Crippen molar-refractivity contribution >= 4 is 5.91 Å². The Bertz CT molecular complexity index is 374. The van der Waals surface area contributed by atoms with E-state index >= 15 is 0 Å². The van der Waals surface area contributed by atoms with Crippen molar-refractivity contribution in [3.63, 3.8) is 0 Å². The Morgan fingerprint density at radius 2 is 2.26 bits per heavy atom. The lowest BCUT2D eigenvalue weighted by molar-refractivity contribution is -0.135. The Hall–Kier alpha value is -1.40. The lowest BCUT2D eigenvalue weighted by atomic mass is 10.3. The van der Waals surface area contributed by atoms with Crippen molar-refractivity contribution in [1.29, 1.82) is 0 Å². The molecule has 1 aromatic rings. The zero-order valence-corrected chi connectivity index (χ0v) is 11.4. The predicted molar refractivity (Wildman–Crippen MR) is 71.7 cm³/mol. The fourth-order valence-corrected chi connectivity index (χ4v) is 2.15. The topological polar surface area (TPSA) is 59.4 Å². The van der Waals surface area contributed by atoms with E-state index in [0.29, 0.717) is 32.2 Å². The number of hydrogen-bond donors (Lipinski definition) is 1. The van der Waals surface area contributed by atoms with Gasteiger partial charge in [0.15, 0.2) is 0 Å². The van der Waals surface area contributed by atoms with Crippen molar-refractivity contribution in [3.05, 3.63) is 18.5 Å². The molecule has 1 fully saturated rings. The fourth-order valence-electron chi connectivity index (χ4n) is 2.15. The molecule has 2 heterocycles. The molecule has 6 heteroatoms. The van der Waals surface area contributed by atoms with Crippen molar-refractivity contribution in [1.82, 2.24) is 20.0 Å². The molecule has 1 atom stereocenters. The van der Waals surface area contributed by atoms with Gasteiger partial charge in [-0.2, -0.15) is 5.10 Å². The Balaban J connectivity index is 1.61. The second kappa shape index (κ2) is 7.25. The number of amides is 1. The zero-order chi connectivity index (χ0) is 13.5. The van der Waals surface area contributed by atoms with Gasteiger partial charge in [-0.25, -0.2) is 0 Å². The summed E-state index contributed by atoms with van der Waals surface area (Å²) >= 11 is 0. The molecule has 0 bridgehead atoms. The van der Waals surface area contributed by atoms with Crippen LogP contribution in [0.25, 0.3) is 0 Å². The monoisotopic (exact) mass is 266 g/mol. The highest BCUT2D eigenvalue weighted by Gasteiger charge is 2.16. The van der Waals surface area contributed by atoms with Crippen LogP contribution in [0.3, 0.4) is 0 Å². The molecule has 0 aromatic carbocycles. The largest absolute Gasteiger partial charge is 0.378 e. The van der Waals surface area contributed by atoms with Crippen LogP contribution < -0.4 is 5.32 Å². The summed E-state index contributed by atoms with van der Waals surface area (Å²) in [6.07, 6.45) is 4.26. The molecule has 1 aromatic heterocycles. The van der Waals surface area contributed by atoms with Gasteiger partial charge in [0.2, 0.25) is 5.91 Å². The molecule has 106 valence electrons. The average molecular weight is 266 g/mol. The summed E-state index contributed by atoms with van der Waals surface area (Å²) in [6.45, 7) is 6.39. The van der Waals surface area contributed by atoms with E-state index in [2.05, 4.69) is 17.3 Å². The van der Waals surface area contributed by atoms with Gasteiger partial charge in [0.25, 0.3) is 0 Å². The minimum Gasteiger partial charge on any atom is -0.378 e. The number of rotatable bonds is 6. The number of nitrogens with one attached hydrogen (secondary N) is 1. The third-order valence-electron chi connectivity index (χ3n) is 3.22. The maximum Gasteiger partial charge on any atom is 0.224 e. The number of nitrogens with zero attached hydrogens (tertiary/aromatic N) is 3. The van der Waals surface area contributed by atoms with Gasteiger partial charge in [-0.05, 0) is 13.0 Å². The highest BCUT2D eigenvalue weighted by atomic mass is 16.5. The minimum absolute atomic E-state index is 0.210. The molecule has 1 aliphatic rings. The van der Waals surface area contributed by atoms with Crippen LogP contribution >= 0.6 is 0 Å². The molecule has 2 rings (SSSR count). The molecule has 0 aliphatic carbocycles. The van der Waals surface area contributed by atoms with E-state index in [1.807, 2.05) is 21.8 Å². The van der Waals surface area contributed by atoms with Gasteiger partial charge in [0.1, 0.15) is 0 Å². The van der Waals surface area contributed by atoms with Crippen molar-refractivity contribution < 1.29 is 9.53 Å². The van der Waals surface area contributed by atoms with Crippen LogP contribution in [0, 0.1) is 0 Å². The molecule has 1 saturated heterocycles. The average Bonchev–Trinajstić information content (AvgIpc) is 2.92. The minimum atomic E-state index is 0.210. The number of aromatic nitrogens is 2. The second-order valence-electron chi connectivity index (χ2n) is 4.83. The smallest absolute Gasteiger partial charge is 0.224 e. The van der Waals surface area contributed by atoms with E-state index in [1.54, 1.807) is 6.20 Å². The van der Waals surface area contributed by atoms with Crippen LogP contribution in [0.5, 0.6) is 0 Å². The summed E-state index contributed by atoms with van der Waals surface area (Å²) in [5.74, 6) is 0.210. The summed E-state index contributed by atoms with van der Waals surface area (Å²) in [4.78, 5) is 13.8. The number of morpholine rings is 1. The molecule has 19 heavy (non-hydrogen) atoms. The van der Waals surface area contributed by atoms with E-state index < -0.39 is 0 Å². The SMILES string of the molecule is C[C@@H](Cn1cccn1)NCCC(=O)N1CCOCC1. The molecule has 1 amide bonds. The van der Waals surface area contributed by atoms with Crippen LogP contribution in [0.2, 0.25) is 0 Å². The summed E-state index contributed by atoms with van der Waals surface area (Å²) in [6, 6.07) is 2.21. The number of carbonyl (C=O) groups excluding carboxylic acids is 1. The summed E-state index contributed by atoms with van der Waals surface area (Å²) in [5, 5.41) is 7.51. The van der Waals surface area contributed by atoms with E-state index in [4.69, 9.17) is 4.74 Å². The predicted octanol–water partition coefficient (Wildman–Crippen LogP) is 0.110. The molecule has 1 aliphatic heterocycles. The van der Waals surface area contributed by atoms with Gasteiger partial charge in [-0.15, -0.1) is 0 Å². The Labute approximate surface area is 113 Å². The number of hydrogen-bond acceptors (Lipinski definition) is 4. The van der Waals surface area contributed by atoms with E-state index in [0.717, 1.165) is 19.6 Å². The lowest BCUT2D eigenvalue weighted by Gasteiger charge is -2.27. The van der Waals surface area contributed by atoms with Crippen LogP contribution in [-0.4, -0.2) is 59.5 Å². The van der Waals surface area contributed by atoms with E-state index in [9.17, 15) is 4.79 Å². The Morgan fingerprint density at radius 1 is 1.47 bits per heavy atom. The van der Waals surface area contributed by atoms with Crippen molar-refractivity contribution in [2.45, 2.75) is 25.9 Å². The lowest BCUT2D eigenvalue weighted by Crippen LogP contribution is -2.42. The third-order valence-corrected chi connectivity index (χ3v) is 3.22. The maximum absolute atomic E-state index is 11.9. The van der Waals surface area contributed by atoms with Crippen molar-refractivity contribution in [3.8, 4) is 0 Å². The van der Waals surface area contributed by atoms with Gasteiger partial charge in [0, 0.05) is 44.5 Å². The first-order valence-corrected chi connectivity index (χ1v) is 6.82. The van der Waals surface area contributed by atoms with Crippen LogP contribution in [-0.2, 0) is 16.1 Å². The van der Waals surface area contributed by atoms with Gasteiger partial charge in [-0.1, -0.05) is 0 Å². The van der Waals surface area contributed by atoms with Crippen LogP contribution in [0.1, 0.15) is 13.3 Å². The first kappa shape index (κ1) is 14.0. The van der Waals surface area contributed by atoms with Gasteiger partial charge in [-0.3, -0.25) is 9.48 Å². The molecule has 0 saturated carbocycles. The molecule has 6 nitrogen and oxygen atoms in total. The second-order valence-corrected chi connectivity index (χ2v) is 4.83. The van der Waals surface area contributed by atoms with Gasteiger partial charge in [0.05, 0.1) is 19.8 Å². The molecule has 1 N–H and O–H groups in total. The van der Waals surface area contributed by atoms with E-state index in [1.165, 1.54) is 0 Å². The van der Waals surface area contributed by atoms with Gasteiger partial charge < -0.3 is 15.0 Å². The molecular formula is C13H22N4O2. The zero-order valence-electron chi connectivity index (χ0n) is 11.4. The van der Waals surface area contributed by atoms with Gasteiger partial charge >= 0.3 is 0 Å². The normalized spacial score (nSPS) is 17.4. The highest BCUT2D eigenvalue weighted by Crippen LogP contribution is 2.00. The summed E-state index contributed by atoms with van der Waals surface area (Å²) in [7, 11) is 0. The molecular weight excluding hydrogens is 244 g/mol. The third kappa shape index (κ3) is 4.65. The van der Waals surface area contributed by atoms with Crippen LogP contribution in [0.4, 0.5) is 0 Å².